The third kappa shape index (κ3) is 3.71. The highest BCUT2D eigenvalue weighted by Crippen LogP contribution is 2.24. The van der Waals surface area contributed by atoms with Crippen LogP contribution in [0, 0.1) is 12.7 Å². The van der Waals surface area contributed by atoms with E-state index in [1.54, 1.807) is 24.3 Å². The summed E-state index contributed by atoms with van der Waals surface area (Å²) in [6.45, 7) is 1.82. The number of carbonyl (C=O) groups is 3. The minimum atomic E-state index is -0.488. The molecule has 0 spiro atoms. The lowest BCUT2D eigenvalue weighted by molar-refractivity contribution is -0.130. The van der Waals surface area contributed by atoms with Crippen LogP contribution in [0.15, 0.2) is 36.4 Å². The molecule has 0 N–H and O–H groups in total. The third-order valence-electron chi connectivity index (χ3n) is 4.56. The van der Waals surface area contributed by atoms with Gasteiger partial charge >= 0.3 is 0 Å². The van der Waals surface area contributed by atoms with E-state index in [2.05, 4.69) is 0 Å². The Bertz CT molecular complexity index is 925. The molecular formula is C20H18ClFN2O3. The summed E-state index contributed by atoms with van der Waals surface area (Å²) < 4.78 is 13.9. The van der Waals surface area contributed by atoms with E-state index in [-0.39, 0.29) is 36.0 Å². The van der Waals surface area contributed by atoms with Gasteiger partial charge in [-0.3, -0.25) is 19.3 Å². The minimum absolute atomic E-state index is 0.00561. The number of nitrogens with zero attached hydrogens (tertiary/aromatic N) is 2. The fourth-order valence-corrected chi connectivity index (χ4v) is 3.24. The first kappa shape index (κ1) is 19.0. The number of benzene rings is 2. The number of halogens is 2. The predicted octanol–water partition coefficient (Wildman–Crippen LogP) is 3.43. The molecule has 1 heterocycles. The summed E-state index contributed by atoms with van der Waals surface area (Å²) in [6.07, 6.45) is -0.0486. The zero-order valence-corrected chi connectivity index (χ0v) is 15.7. The first-order chi connectivity index (χ1) is 12.8. The van der Waals surface area contributed by atoms with Gasteiger partial charge in [-0.1, -0.05) is 29.3 Å². The van der Waals surface area contributed by atoms with Crippen molar-refractivity contribution in [2.24, 2.45) is 0 Å². The summed E-state index contributed by atoms with van der Waals surface area (Å²) in [4.78, 5) is 39.6. The van der Waals surface area contributed by atoms with E-state index in [0.717, 1.165) is 10.5 Å². The zero-order valence-electron chi connectivity index (χ0n) is 15.0. The molecule has 0 unspecified atom stereocenters. The summed E-state index contributed by atoms with van der Waals surface area (Å²) in [5, 5.41) is 0.241. The lowest BCUT2D eigenvalue weighted by atomic mass is 10.1. The number of rotatable bonds is 5. The smallest absolute Gasteiger partial charge is 0.261 e. The van der Waals surface area contributed by atoms with Gasteiger partial charge in [0.15, 0.2) is 0 Å². The maximum absolute atomic E-state index is 13.9. The lowest BCUT2D eigenvalue weighted by Crippen LogP contribution is -2.35. The van der Waals surface area contributed by atoms with Gasteiger partial charge < -0.3 is 4.90 Å². The molecule has 1 aliphatic rings. The molecule has 3 rings (SSSR count). The highest BCUT2D eigenvalue weighted by molar-refractivity contribution is 6.31. The maximum Gasteiger partial charge on any atom is 0.261 e. The number of hydrogen-bond acceptors (Lipinski definition) is 3. The first-order valence-electron chi connectivity index (χ1n) is 8.43. The zero-order chi connectivity index (χ0) is 19.7. The van der Waals surface area contributed by atoms with Crippen LogP contribution in [0.4, 0.5) is 4.39 Å². The van der Waals surface area contributed by atoms with Gasteiger partial charge in [0, 0.05) is 37.1 Å². The van der Waals surface area contributed by atoms with E-state index >= 15 is 0 Å². The summed E-state index contributed by atoms with van der Waals surface area (Å²) in [6, 6.07) is 9.39. The molecule has 0 fully saturated rings. The molecule has 2 aromatic rings. The van der Waals surface area contributed by atoms with Crippen molar-refractivity contribution in [2.75, 3.05) is 13.6 Å². The van der Waals surface area contributed by atoms with Gasteiger partial charge in [0.05, 0.1) is 11.1 Å². The average Bonchev–Trinajstić information content (AvgIpc) is 2.86. The lowest BCUT2D eigenvalue weighted by Gasteiger charge is -2.20. The second-order valence-electron chi connectivity index (χ2n) is 6.51. The molecule has 27 heavy (non-hydrogen) atoms. The number of aryl methyl sites for hydroxylation is 1. The van der Waals surface area contributed by atoms with Crippen molar-refractivity contribution in [1.82, 2.24) is 9.80 Å². The second-order valence-corrected chi connectivity index (χ2v) is 6.92. The van der Waals surface area contributed by atoms with Crippen molar-refractivity contribution in [1.29, 1.82) is 0 Å². The molecule has 0 aromatic heterocycles. The number of imide groups is 1. The molecule has 2 aromatic carbocycles. The summed E-state index contributed by atoms with van der Waals surface area (Å²) in [5.41, 5.74) is 1.82. The van der Waals surface area contributed by atoms with Gasteiger partial charge in [-0.2, -0.15) is 0 Å². The molecule has 0 aliphatic carbocycles. The summed E-state index contributed by atoms with van der Waals surface area (Å²) in [5.74, 6) is -1.60. The van der Waals surface area contributed by atoms with Crippen LogP contribution in [-0.4, -0.2) is 41.1 Å². The van der Waals surface area contributed by atoms with Crippen LogP contribution in [0.3, 0.4) is 0 Å². The van der Waals surface area contributed by atoms with Gasteiger partial charge in [0.1, 0.15) is 5.82 Å². The number of fused-ring (bicyclic) bond motifs is 1. The van der Waals surface area contributed by atoms with Crippen LogP contribution < -0.4 is 0 Å². The fourth-order valence-electron chi connectivity index (χ4n) is 3.01. The van der Waals surface area contributed by atoms with Gasteiger partial charge in [0.25, 0.3) is 11.8 Å². The monoisotopic (exact) mass is 388 g/mol. The molecule has 7 heteroatoms. The number of amides is 3. The molecule has 0 atom stereocenters. The van der Waals surface area contributed by atoms with Crippen LogP contribution in [-0.2, 0) is 11.3 Å². The van der Waals surface area contributed by atoms with Crippen LogP contribution >= 0.6 is 11.6 Å². The first-order valence-corrected chi connectivity index (χ1v) is 8.81. The molecular weight excluding hydrogens is 371 g/mol. The fraction of sp³-hybridized carbons (Fsp3) is 0.250. The molecule has 0 bridgehead atoms. The Hall–Kier alpha value is -2.73. The van der Waals surface area contributed by atoms with E-state index in [4.69, 9.17) is 11.6 Å². The molecule has 1 aliphatic heterocycles. The van der Waals surface area contributed by atoms with Gasteiger partial charge in [0.2, 0.25) is 5.91 Å². The van der Waals surface area contributed by atoms with E-state index < -0.39 is 17.6 Å². The summed E-state index contributed by atoms with van der Waals surface area (Å²) in [7, 11) is 1.52. The quantitative estimate of drug-likeness (QED) is 0.737. The minimum Gasteiger partial charge on any atom is -0.341 e. The molecule has 0 radical (unpaired) electrons. The Balaban J connectivity index is 1.64. The topological polar surface area (TPSA) is 57.7 Å². The van der Waals surface area contributed by atoms with Crippen LogP contribution in [0.2, 0.25) is 5.02 Å². The number of hydrogen-bond donors (Lipinski definition) is 0. The van der Waals surface area contributed by atoms with Crippen molar-refractivity contribution in [3.8, 4) is 0 Å². The van der Waals surface area contributed by atoms with Crippen molar-refractivity contribution < 1.29 is 18.8 Å². The van der Waals surface area contributed by atoms with Crippen molar-refractivity contribution in [2.45, 2.75) is 19.9 Å². The SMILES string of the molecule is Cc1ccc2c(c1)C(=O)N(CCC(=O)N(C)Cc1c(F)cccc1Cl)C2=O. The van der Waals surface area contributed by atoms with Crippen LogP contribution in [0.25, 0.3) is 0 Å². The average molecular weight is 389 g/mol. The highest BCUT2D eigenvalue weighted by Gasteiger charge is 2.35. The van der Waals surface area contributed by atoms with E-state index in [0.29, 0.717) is 11.1 Å². The van der Waals surface area contributed by atoms with Crippen molar-refractivity contribution >= 4 is 29.3 Å². The van der Waals surface area contributed by atoms with Crippen molar-refractivity contribution in [3.63, 3.8) is 0 Å². The number of carbonyl (C=O) groups excluding carboxylic acids is 3. The molecule has 140 valence electrons. The molecule has 0 saturated heterocycles. The van der Waals surface area contributed by atoms with E-state index in [1.807, 2.05) is 6.92 Å². The maximum atomic E-state index is 13.9. The Morgan fingerprint density at radius 1 is 1.15 bits per heavy atom. The molecule has 5 nitrogen and oxygen atoms in total. The van der Waals surface area contributed by atoms with Crippen LogP contribution in [0.1, 0.15) is 38.3 Å². The van der Waals surface area contributed by atoms with Crippen molar-refractivity contribution in [3.05, 3.63) is 69.5 Å². The van der Waals surface area contributed by atoms with Crippen LogP contribution in [0.5, 0.6) is 0 Å². The van der Waals surface area contributed by atoms with Gasteiger partial charge in [-0.15, -0.1) is 0 Å². The van der Waals surface area contributed by atoms with E-state index in [9.17, 15) is 18.8 Å². The molecule has 0 saturated carbocycles. The normalized spacial score (nSPS) is 13.1. The standard InChI is InChI=1S/C20H18ClFN2O3/c1-12-6-7-13-14(10-12)20(27)24(19(13)26)9-8-18(25)23(2)11-15-16(21)4-3-5-17(15)22/h3-7,10H,8-9,11H2,1-2H3. The Morgan fingerprint density at radius 2 is 1.85 bits per heavy atom. The largest absolute Gasteiger partial charge is 0.341 e. The highest BCUT2D eigenvalue weighted by atomic mass is 35.5. The predicted molar refractivity (Wildman–Crippen MR) is 99.0 cm³/mol. The Morgan fingerprint density at radius 3 is 2.56 bits per heavy atom. The Kier molecular flexibility index (Phi) is 5.28. The second kappa shape index (κ2) is 7.48. The Labute approximate surface area is 161 Å². The molecule has 3 amide bonds. The van der Waals surface area contributed by atoms with E-state index in [1.165, 1.54) is 24.1 Å². The van der Waals surface area contributed by atoms with Gasteiger partial charge in [-0.25, -0.2) is 4.39 Å². The third-order valence-corrected chi connectivity index (χ3v) is 4.91. The van der Waals surface area contributed by atoms with Gasteiger partial charge in [-0.05, 0) is 31.2 Å². The summed E-state index contributed by atoms with van der Waals surface area (Å²) >= 11 is 5.99.